The van der Waals surface area contributed by atoms with Gasteiger partial charge in [-0.3, -0.25) is 0 Å². The van der Waals surface area contributed by atoms with E-state index in [2.05, 4.69) is 24.8 Å². The summed E-state index contributed by atoms with van der Waals surface area (Å²) in [6.45, 7) is 2.26. The Morgan fingerprint density at radius 2 is 2.06 bits per heavy atom. The molecule has 3 atom stereocenters. The summed E-state index contributed by atoms with van der Waals surface area (Å²) in [5, 5.41) is 2.10. The van der Waals surface area contributed by atoms with Crippen molar-refractivity contribution >= 4 is 35.1 Å². The van der Waals surface area contributed by atoms with E-state index in [4.69, 9.17) is 17.3 Å². The molecule has 0 saturated carbocycles. The second-order valence-electron chi connectivity index (χ2n) is 4.61. The lowest BCUT2D eigenvalue weighted by atomic mass is 10.0. The Balaban J connectivity index is 2.02. The Morgan fingerprint density at radius 3 is 2.78 bits per heavy atom. The molecule has 0 spiro atoms. The van der Waals surface area contributed by atoms with Gasteiger partial charge < -0.3 is 5.73 Å². The lowest BCUT2D eigenvalue weighted by molar-refractivity contribution is 0.597. The number of nitrogens with two attached hydrogens (primary N) is 1. The molecular weight excluding hydrogens is 282 g/mol. The summed E-state index contributed by atoms with van der Waals surface area (Å²) in [5.41, 5.74) is 7.60. The maximum absolute atomic E-state index is 6.42. The number of benzene rings is 1. The van der Waals surface area contributed by atoms with Crippen molar-refractivity contribution in [3.63, 3.8) is 0 Å². The van der Waals surface area contributed by atoms with Crippen LogP contribution in [0.25, 0.3) is 0 Å². The molecule has 3 unspecified atom stereocenters. The number of hydrogen-bond acceptors (Lipinski definition) is 3. The molecule has 1 fully saturated rings. The third-order valence-corrected chi connectivity index (χ3v) is 7.13. The van der Waals surface area contributed by atoms with Crippen molar-refractivity contribution in [3.8, 4) is 0 Å². The number of thioether (sulfide) groups is 2. The summed E-state index contributed by atoms with van der Waals surface area (Å²) >= 11 is 10.3. The maximum atomic E-state index is 6.42. The average molecular weight is 302 g/mol. The van der Waals surface area contributed by atoms with Gasteiger partial charge in [-0.25, -0.2) is 0 Å². The highest BCUT2D eigenvalue weighted by atomic mass is 35.5. The van der Waals surface area contributed by atoms with Crippen LogP contribution in [0.2, 0.25) is 5.02 Å². The average Bonchev–Trinajstić information content (AvgIpc) is 2.41. The Hall–Kier alpha value is 0.170. The molecular formula is C14H20ClNS2. The minimum absolute atomic E-state index is 0.202. The van der Waals surface area contributed by atoms with Crippen molar-refractivity contribution in [3.05, 3.63) is 34.9 Å². The largest absolute Gasteiger partial charge is 0.326 e. The van der Waals surface area contributed by atoms with Crippen molar-refractivity contribution in [2.75, 3.05) is 11.5 Å². The monoisotopic (exact) mass is 301 g/mol. The van der Waals surface area contributed by atoms with E-state index in [1.165, 1.54) is 23.5 Å². The zero-order valence-corrected chi connectivity index (χ0v) is 13.0. The van der Waals surface area contributed by atoms with Crippen LogP contribution < -0.4 is 5.73 Å². The summed E-state index contributed by atoms with van der Waals surface area (Å²) < 4.78 is 0. The molecule has 1 nitrogen and oxygen atoms in total. The highest BCUT2D eigenvalue weighted by Gasteiger charge is 2.30. The molecule has 0 amide bonds. The van der Waals surface area contributed by atoms with Gasteiger partial charge in [0.1, 0.15) is 0 Å². The third-order valence-electron chi connectivity index (χ3n) is 3.33. The molecule has 0 aromatic heterocycles. The summed E-state index contributed by atoms with van der Waals surface area (Å²) in [7, 11) is 0. The van der Waals surface area contributed by atoms with Crippen LogP contribution in [0.1, 0.15) is 18.9 Å². The molecule has 1 aliphatic rings. The van der Waals surface area contributed by atoms with E-state index < -0.39 is 0 Å². The minimum Gasteiger partial charge on any atom is -0.326 e. The van der Waals surface area contributed by atoms with Crippen molar-refractivity contribution in [1.29, 1.82) is 0 Å². The smallest absolute Gasteiger partial charge is 0.0438 e. The first-order valence-electron chi connectivity index (χ1n) is 6.44. The van der Waals surface area contributed by atoms with Gasteiger partial charge in [-0.15, -0.1) is 0 Å². The van der Waals surface area contributed by atoms with Gasteiger partial charge in [0.25, 0.3) is 0 Å². The van der Waals surface area contributed by atoms with Crippen LogP contribution in [0.3, 0.4) is 0 Å². The topological polar surface area (TPSA) is 26.0 Å². The van der Waals surface area contributed by atoms with Gasteiger partial charge in [-0.05, 0) is 24.5 Å². The van der Waals surface area contributed by atoms with Crippen molar-refractivity contribution in [1.82, 2.24) is 0 Å². The van der Waals surface area contributed by atoms with E-state index in [-0.39, 0.29) is 6.04 Å². The van der Waals surface area contributed by atoms with E-state index in [1.54, 1.807) is 0 Å². The summed E-state index contributed by atoms with van der Waals surface area (Å²) in [5.74, 6) is 2.49. The zero-order valence-electron chi connectivity index (χ0n) is 10.6. The molecule has 0 bridgehead atoms. The SMILES string of the molecule is CCC1SCCSC1C(N)Cc1ccccc1Cl. The lowest BCUT2D eigenvalue weighted by Gasteiger charge is -2.34. The lowest BCUT2D eigenvalue weighted by Crippen LogP contribution is -2.43. The molecule has 18 heavy (non-hydrogen) atoms. The van der Waals surface area contributed by atoms with Crippen LogP contribution in [0.15, 0.2) is 24.3 Å². The summed E-state index contributed by atoms with van der Waals surface area (Å²) in [4.78, 5) is 0. The minimum atomic E-state index is 0.202. The predicted molar refractivity (Wildman–Crippen MR) is 85.9 cm³/mol. The first-order chi connectivity index (χ1) is 8.72. The molecule has 0 radical (unpaired) electrons. The summed E-state index contributed by atoms with van der Waals surface area (Å²) in [6, 6.07) is 8.24. The molecule has 100 valence electrons. The highest BCUT2D eigenvalue weighted by Crippen LogP contribution is 2.35. The summed E-state index contributed by atoms with van der Waals surface area (Å²) in [6.07, 6.45) is 2.09. The third kappa shape index (κ3) is 3.60. The Kier molecular flexibility index (Phi) is 5.74. The van der Waals surface area contributed by atoms with E-state index in [0.29, 0.717) is 10.5 Å². The van der Waals surface area contributed by atoms with E-state index in [9.17, 15) is 0 Å². The second kappa shape index (κ2) is 7.09. The normalized spacial score (nSPS) is 25.9. The van der Waals surface area contributed by atoms with Crippen LogP contribution in [0, 0.1) is 0 Å². The zero-order chi connectivity index (χ0) is 13.0. The predicted octanol–water partition coefficient (Wildman–Crippen LogP) is 3.84. The number of hydrogen-bond donors (Lipinski definition) is 1. The molecule has 1 saturated heterocycles. The first kappa shape index (κ1) is 14.6. The highest BCUT2D eigenvalue weighted by molar-refractivity contribution is 8.07. The Labute approximate surface area is 123 Å². The fourth-order valence-electron chi connectivity index (χ4n) is 2.37. The van der Waals surface area contributed by atoms with Crippen LogP contribution in [-0.4, -0.2) is 28.0 Å². The van der Waals surface area contributed by atoms with Crippen LogP contribution in [0.4, 0.5) is 0 Å². The van der Waals surface area contributed by atoms with Crippen molar-refractivity contribution < 1.29 is 0 Å². The second-order valence-corrected chi connectivity index (χ2v) is 7.65. The van der Waals surface area contributed by atoms with Gasteiger partial charge in [-0.2, -0.15) is 23.5 Å². The van der Waals surface area contributed by atoms with Gasteiger partial charge >= 0.3 is 0 Å². The Morgan fingerprint density at radius 1 is 1.33 bits per heavy atom. The standard InChI is InChI=1S/C14H20ClNS2/c1-2-13-14(18-8-7-17-13)12(16)9-10-5-3-4-6-11(10)15/h3-6,12-14H,2,7-9,16H2,1H3. The molecule has 1 heterocycles. The van der Waals surface area contributed by atoms with E-state index in [0.717, 1.165) is 11.4 Å². The molecule has 2 N–H and O–H groups in total. The molecule has 1 aromatic rings. The van der Waals surface area contributed by atoms with Crippen LogP contribution in [-0.2, 0) is 6.42 Å². The molecule has 4 heteroatoms. The van der Waals surface area contributed by atoms with Gasteiger partial charge in [0, 0.05) is 33.1 Å². The fraction of sp³-hybridized carbons (Fsp3) is 0.571. The van der Waals surface area contributed by atoms with Gasteiger partial charge in [0.05, 0.1) is 0 Å². The number of rotatable bonds is 4. The molecule has 0 aliphatic carbocycles. The number of halogens is 1. The van der Waals surface area contributed by atoms with Gasteiger partial charge in [0.15, 0.2) is 0 Å². The van der Waals surface area contributed by atoms with E-state index >= 15 is 0 Å². The fourth-order valence-corrected chi connectivity index (χ4v) is 5.78. The van der Waals surface area contributed by atoms with Crippen molar-refractivity contribution in [2.24, 2.45) is 5.73 Å². The van der Waals surface area contributed by atoms with Crippen LogP contribution in [0.5, 0.6) is 0 Å². The quantitative estimate of drug-likeness (QED) is 0.915. The van der Waals surface area contributed by atoms with Gasteiger partial charge in [0.2, 0.25) is 0 Å². The molecule has 2 rings (SSSR count). The maximum Gasteiger partial charge on any atom is 0.0438 e. The molecule has 1 aromatic carbocycles. The first-order valence-corrected chi connectivity index (χ1v) is 8.92. The van der Waals surface area contributed by atoms with Gasteiger partial charge in [-0.1, -0.05) is 36.7 Å². The van der Waals surface area contributed by atoms with E-state index in [1.807, 2.05) is 30.0 Å². The Bertz CT molecular complexity index is 386. The van der Waals surface area contributed by atoms with Crippen LogP contribution >= 0.6 is 35.1 Å². The van der Waals surface area contributed by atoms with Crippen molar-refractivity contribution in [2.45, 2.75) is 36.3 Å². The molecule has 1 aliphatic heterocycles.